The van der Waals surface area contributed by atoms with Crippen LogP contribution in [0.1, 0.15) is 5.56 Å². The Morgan fingerprint density at radius 1 is 1.26 bits per heavy atom. The van der Waals surface area contributed by atoms with Gasteiger partial charge in [-0.05, 0) is 35.2 Å². The number of hydroxylamine groups is 1. The van der Waals surface area contributed by atoms with Gasteiger partial charge in [0.1, 0.15) is 4.21 Å². The van der Waals surface area contributed by atoms with Crippen LogP contribution in [0.3, 0.4) is 0 Å². The molecule has 0 aliphatic heterocycles. The number of aromatic nitrogens is 1. The Kier molecular flexibility index (Phi) is 4.03. The van der Waals surface area contributed by atoms with E-state index in [0.29, 0.717) is 5.56 Å². The Morgan fingerprint density at radius 3 is 2.78 bits per heavy atom. The number of amides is 1. The van der Waals surface area contributed by atoms with Crippen LogP contribution in [0.2, 0.25) is 0 Å². The highest BCUT2D eigenvalue weighted by atomic mass is 32.2. The second-order valence-corrected chi connectivity index (χ2v) is 7.85. The molecule has 0 atom stereocenters. The van der Waals surface area contributed by atoms with Gasteiger partial charge in [-0.25, -0.2) is 9.45 Å². The lowest BCUT2D eigenvalue weighted by molar-refractivity contribution is -0.124. The number of nitrogens with one attached hydrogen (secondary N) is 1. The molecule has 2 heterocycles. The predicted octanol–water partition coefficient (Wildman–Crippen LogP) is 2.46. The summed E-state index contributed by atoms with van der Waals surface area (Å²) in [6.07, 6.45) is 5.32. The van der Waals surface area contributed by atoms with Crippen LogP contribution in [0.4, 0.5) is 0 Å². The number of hydrogen-bond donors (Lipinski definition) is 2. The van der Waals surface area contributed by atoms with Gasteiger partial charge < -0.3 is 0 Å². The van der Waals surface area contributed by atoms with E-state index in [2.05, 4.69) is 0 Å². The molecule has 0 spiro atoms. The van der Waals surface area contributed by atoms with E-state index in [1.165, 1.54) is 35.3 Å². The first-order valence-corrected chi connectivity index (χ1v) is 8.81. The van der Waals surface area contributed by atoms with Crippen LogP contribution >= 0.6 is 11.3 Å². The van der Waals surface area contributed by atoms with Gasteiger partial charge >= 0.3 is 0 Å². The van der Waals surface area contributed by atoms with E-state index in [-0.39, 0.29) is 4.21 Å². The summed E-state index contributed by atoms with van der Waals surface area (Å²) in [6, 6.07) is 10.7. The van der Waals surface area contributed by atoms with Crippen molar-refractivity contribution in [2.24, 2.45) is 0 Å². The number of thiophene rings is 1. The zero-order chi connectivity index (χ0) is 16.4. The minimum Gasteiger partial charge on any atom is -0.288 e. The van der Waals surface area contributed by atoms with Crippen LogP contribution in [0.5, 0.6) is 0 Å². The van der Waals surface area contributed by atoms with Gasteiger partial charge in [-0.1, -0.05) is 18.2 Å². The van der Waals surface area contributed by atoms with E-state index in [9.17, 15) is 13.2 Å². The quantitative estimate of drug-likeness (QED) is 0.431. The topological polar surface area (TPSA) is 88.4 Å². The largest absolute Gasteiger partial charge is 0.288 e. The normalized spacial score (nSPS) is 12.0. The van der Waals surface area contributed by atoms with Crippen LogP contribution in [0.25, 0.3) is 16.2 Å². The molecule has 8 heteroatoms. The van der Waals surface area contributed by atoms with Gasteiger partial charge in [0.25, 0.3) is 15.9 Å². The van der Waals surface area contributed by atoms with Gasteiger partial charge in [0.15, 0.2) is 0 Å². The zero-order valence-electron chi connectivity index (χ0n) is 11.7. The molecule has 0 radical (unpaired) electrons. The average molecular weight is 348 g/mol. The molecule has 0 unspecified atom stereocenters. The smallest absolute Gasteiger partial charge is 0.277 e. The second kappa shape index (κ2) is 5.99. The Hall–Kier alpha value is -2.42. The Balaban J connectivity index is 1.95. The first-order valence-electron chi connectivity index (χ1n) is 6.55. The molecule has 1 aromatic carbocycles. The summed E-state index contributed by atoms with van der Waals surface area (Å²) >= 11 is 1.21. The summed E-state index contributed by atoms with van der Waals surface area (Å²) < 4.78 is 27.5. The van der Waals surface area contributed by atoms with E-state index in [0.717, 1.165) is 20.1 Å². The molecule has 0 aliphatic carbocycles. The molecule has 0 aliphatic rings. The van der Waals surface area contributed by atoms with Gasteiger partial charge in [-0.2, -0.15) is 8.42 Å². The molecule has 2 aromatic heterocycles. The lowest BCUT2D eigenvalue weighted by atomic mass is 10.3. The Bertz CT molecular complexity index is 966. The molecular weight excluding hydrogens is 336 g/mol. The third-order valence-electron chi connectivity index (χ3n) is 3.16. The molecule has 6 nitrogen and oxygen atoms in total. The van der Waals surface area contributed by atoms with Crippen molar-refractivity contribution < 1.29 is 18.4 Å². The van der Waals surface area contributed by atoms with E-state index >= 15 is 0 Å². The van der Waals surface area contributed by atoms with Gasteiger partial charge in [0.05, 0.1) is 0 Å². The number of fused-ring (bicyclic) bond motifs is 1. The summed E-state index contributed by atoms with van der Waals surface area (Å²) in [7, 11) is -3.67. The molecule has 0 fully saturated rings. The molecule has 0 saturated carbocycles. The van der Waals surface area contributed by atoms with Crippen LogP contribution in [-0.4, -0.2) is 23.5 Å². The highest BCUT2D eigenvalue weighted by molar-refractivity contribution is 7.92. The van der Waals surface area contributed by atoms with Crippen molar-refractivity contribution in [3.63, 3.8) is 0 Å². The fourth-order valence-corrected chi connectivity index (χ4v) is 4.75. The van der Waals surface area contributed by atoms with Gasteiger partial charge in [0, 0.05) is 23.2 Å². The van der Waals surface area contributed by atoms with Crippen LogP contribution in [0.15, 0.2) is 59.1 Å². The number of benzene rings is 1. The van der Waals surface area contributed by atoms with Crippen molar-refractivity contribution >= 4 is 43.4 Å². The minimum absolute atomic E-state index is 0.248. The maximum atomic E-state index is 12.6. The zero-order valence-corrected chi connectivity index (χ0v) is 13.3. The number of carbonyl (C=O) groups is 1. The third kappa shape index (κ3) is 3.04. The highest BCUT2D eigenvalue weighted by Gasteiger charge is 2.19. The number of nitrogens with zero attached hydrogens (tertiary/aromatic N) is 1. The summed E-state index contributed by atoms with van der Waals surface area (Å²) in [5, 5.41) is 9.29. The van der Waals surface area contributed by atoms with Crippen molar-refractivity contribution in [1.82, 2.24) is 9.45 Å². The number of carbonyl (C=O) groups excluding carboxylic acids is 1. The fourth-order valence-electron chi connectivity index (χ4n) is 2.04. The lowest BCUT2D eigenvalue weighted by Crippen LogP contribution is -2.14. The Labute approximate surface area is 136 Å². The summed E-state index contributed by atoms with van der Waals surface area (Å²) in [5.41, 5.74) is 1.99. The first kappa shape index (κ1) is 15.5. The van der Waals surface area contributed by atoms with E-state index < -0.39 is 15.9 Å². The summed E-state index contributed by atoms with van der Waals surface area (Å²) in [4.78, 5) is 10.9. The highest BCUT2D eigenvalue weighted by Crippen LogP contribution is 2.30. The predicted molar refractivity (Wildman–Crippen MR) is 87.8 cm³/mol. The van der Waals surface area contributed by atoms with Crippen LogP contribution in [0, 0.1) is 0 Å². The van der Waals surface area contributed by atoms with Crippen molar-refractivity contribution in [3.8, 4) is 0 Å². The van der Waals surface area contributed by atoms with Gasteiger partial charge in [-0.3, -0.25) is 10.0 Å². The monoisotopic (exact) mass is 348 g/mol. The van der Waals surface area contributed by atoms with Gasteiger partial charge in [-0.15, -0.1) is 11.3 Å². The molecule has 0 saturated heterocycles. The molecule has 23 heavy (non-hydrogen) atoms. The molecule has 2 N–H and O–H groups in total. The van der Waals surface area contributed by atoms with Crippen molar-refractivity contribution in [3.05, 3.63) is 60.4 Å². The van der Waals surface area contributed by atoms with Crippen LogP contribution in [-0.2, 0) is 14.8 Å². The van der Waals surface area contributed by atoms with Crippen molar-refractivity contribution in [2.75, 3.05) is 0 Å². The molecule has 3 aromatic rings. The maximum absolute atomic E-state index is 12.6. The minimum atomic E-state index is -3.67. The molecular formula is C15H12N2O4S2. The number of rotatable bonds is 4. The third-order valence-corrected chi connectivity index (χ3v) is 6.36. The standard InChI is InChI=1S/C15H12N2O4S2/c18-14(16-19)6-5-11-7-8-17(10-11)23(20,21)15-9-12-3-1-2-4-13(12)22-15/h1-10,19H,(H,16,18). The Morgan fingerprint density at radius 2 is 2.04 bits per heavy atom. The maximum Gasteiger partial charge on any atom is 0.277 e. The van der Waals surface area contributed by atoms with E-state index in [1.807, 2.05) is 24.3 Å². The molecule has 0 bridgehead atoms. The first-order chi connectivity index (χ1) is 11.0. The summed E-state index contributed by atoms with van der Waals surface area (Å²) in [5.74, 6) is -0.690. The van der Waals surface area contributed by atoms with E-state index in [4.69, 9.17) is 5.21 Å². The van der Waals surface area contributed by atoms with Crippen molar-refractivity contribution in [1.29, 1.82) is 0 Å². The molecule has 118 valence electrons. The molecule has 3 rings (SSSR count). The fraction of sp³-hybridized carbons (Fsp3) is 0. The second-order valence-electron chi connectivity index (χ2n) is 4.69. The SMILES string of the molecule is O=C(C=Cc1ccn(S(=O)(=O)c2cc3ccccc3s2)c1)NO. The number of hydrogen-bond acceptors (Lipinski definition) is 5. The van der Waals surface area contributed by atoms with E-state index in [1.54, 1.807) is 12.1 Å². The van der Waals surface area contributed by atoms with Crippen LogP contribution < -0.4 is 5.48 Å². The lowest BCUT2D eigenvalue weighted by Gasteiger charge is -2.01. The average Bonchev–Trinajstić information content (AvgIpc) is 3.19. The molecule has 1 amide bonds. The van der Waals surface area contributed by atoms with Gasteiger partial charge in [0.2, 0.25) is 0 Å². The summed E-state index contributed by atoms with van der Waals surface area (Å²) in [6.45, 7) is 0. The van der Waals surface area contributed by atoms with Crippen molar-refractivity contribution in [2.45, 2.75) is 4.21 Å².